The highest BCUT2D eigenvalue weighted by molar-refractivity contribution is 8.13. The fourth-order valence-corrected chi connectivity index (χ4v) is 3.77. The summed E-state index contributed by atoms with van der Waals surface area (Å²) in [5, 5.41) is 8.74. The van der Waals surface area contributed by atoms with E-state index >= 15 is 0 Å². The molecule has 0 atom stereocenters. The van der Waals surface area contributed by atoms with Crippen molar-refractivity contribution in [1.29, 1.82) is 0 Å². The fourth-order valence-electron chi connectivity index (χ4n) is 3.16. The minimum absolute atomic E-state index is 0.480. The van der Waals surface area contributed by atoms with Crippen molar-refractivity contribution in [1.82, 2.24) is 4.90 Å². The molecular weight excluding hydrogens is 352 g/mol. The molecule has 27 heavy (non-hydrogen) atoms. The maximum absolute atomic E-state index is 5.94. The smallest absolute Gasteiger partial charge is 0.180 e. The van der Waals surface area contributed by atoms with Crippen LogP contribution in [-0.4, -0.2) is 29.4 Å². The summed E-state index contributed by atoms with van der Waals surface area (Å²) in [7, 11) is 0. The Bertz CT molecular complexity index is 765. The molecule has 4 nitrogen and oxygen atoms in total. The van der Waals surface area contributed by atoms with Crippen molar-refractivity contribution >= 4 is 23.1 Å². The van der Waals surface area contributed by atoms with Crippen LogP contribution in [0.4, 0.5) is 0 Å². The predicted octanol–water partition coefficient (Wildman–Crippen LogP) is 4.50. The van der Waals surface area contributed by atoms with E-state index in [1.165, 1.54) is 48.8 Å². The highest BCUT2D eigenvalue weighted by Crippen LogP contribution is 2.18. The summed E-state index contributed by atoms with van der Waals surface area (Å²) in [4.78, 5) is 2.53. The lowest BCUT2D eigenvalue weighted by Gasteiger charge is -2.30. The second kappa shape index (κ2) is 10.3. The van der Waals surface area contributed by atoms with Crippen LogP contribution in [0.2, 0.25) is 0 Å². The van der Waals surface area contributed by atoms with E-state index in [0.29, 0.717) is 5.17 Å². The summed E-state index contributed by atoms with van der Waals surface area (Å²) in [5.41, 5.74) is 9.55. The van der Waals surface area contributed by atoms with Crippen LogP contribution in [0.3, 0.4) is 0 Å². The van der Waals surface area contributed by atoms with Gasteiger partial charge in [0.1, 0.15) is 0 Å². The van der Waals surface area contributed by atoms with Gasteiger partial charge in [0.2, 0.25) is 0 Å². The lowest BCUT2D eigenvalue weighted by molar-refractivity contribution is 0.185. The van der Waals surface area contributed by atoms with Gasteiger partial charge >= 0.3 is 0 Å². The first-order chi connectivity index (χ1) is 13.2. The van der Waals surface area contributed by atoms with Gasteiger partial charge in [0, 0.05) is 12.3 Å². The van der Waals surface area contributed by atoms with Gasteiger partial charge in [-0.1, -0.05) is 67.2 Å². The van der Waals surface area contributed by atoms with Crippen molar-refractivity contribution in [2.45, 2.75) is 32.1 Å². The molecule has 0 saturated carbocycles. The van der Waals surface area contributed by atoms with Crippen molar-refractivity contribution in [2.75, 3.05) is 13.1 Å². The SMILES string of the molecule is CC1CCN(Cc2cccc(C=NN=C(N)SCc3ccccc3)c2)CC1. The molecule has 0 amide bonds. The predicted molar refractivity (Wildman–Crippen MR) is 117 cm³/mol. The Balaban J connectivity index is 1.50. The summed E-state index contributed by atoms with van der Waals surface area (Å²) in [6.45, 7) is 5.74. The van der Waals surface area contributed by atoms with E-state index < -0.39 is 0 Å². The Morgan fingerprint density at radius 1 is 1.11 bits per heavy atom. The summed E-state index contributed by atoms with van der Waals surface area (Å²) in [5.74, 6) is 1.66. The number of thioether (sulfide) groups is 1. The van der Waals surface area contributed by atoms with Crippen LogP contribution < -0.4 is 5.73 Å². The van der Waals surface area contributed by atoms with Crippen molar-refractivity contribution in [3.63, 3.8) is 0 Å². The molecule has 0 aromatic heterocycles. The van der Waals surface area contributed by atoms with E-state index in [1.54, 1.807) is 6.21 Å². The molecule has 1 heterocycles. The standard InChI is InChI=1S/C22H28N4S/c1-18-10-12-26(13-11-18)16-21-9-5-8-20(14-21)15-24-25-22(23)27-17-19-6-3-2-4-7-19/h2-9,14-15,18H,10-13,16-17H2,1H3,(H2,23,25). The average molecular weight is 381 g/mol. The molecule has 5 heteroatoms. The van der Waals surface area contributed by atoms with E-state index in [1.807, 2.05) is 24.3 Å². The second-order valence-corrected chi connectivity index (χ2v) is 8.16. The topological polar surface area (TPSA) is 54.0 Å². The Hall–Kier alpha value is -2.11. The molecule has 0 spiro atoms. The number of nitrogens with two attached hydrogens (primary N) is 1. The molecule has 1 aliphatic rings. The highest BCUT2D eigenvalue weighted by Gasteiger charge is 2.15. The summed E-state index contributed by atoms with van der Waals surface area (Å²) in [6.07, 6.45) is 4.38. The molecule has 2 N–H and O–H groups in total. The van der Waals surface area contributed by atoms with Gasteiger partial charge in [-0.2, -0.15) is 5.10 Å². The number of hydrogen-bond acceptors (Lipinski definition) is 4. The average Bonchev–Trinajstić information content (AvgIpc) is 2.69. The lowest BCUT2D eigenvalue weighted by Crippen LogP contribution is -2.32. The van der Waals surface area contributed by atoms with Gasteiger partial charge in [-0.05, 0) is 54.6 Å². The van der Waals surface area contributed by atoms with Gasteiger partial charge in [0.15, 0.2) is 5.17 Å². The number of likely N-dealkylation sites (tertiary alicyclic amines) is 1. The van der Waals surface area contributed by atoms with Gasteiger partial charge in [-0.3, -0.25) is 4.90 Å². The van der Waals surface area contributed by atoms with Crippen LogP contribution in [0, 0.1) is 5.92 Å². The largest absolute Gasteiger partial charge is 0.377 e. The van der Waals surface area contributed by atoms with Crippen LogP contribution in [-0.2, 0) is 12.3 Å². The van der Waals surface area contributed by atoms with Gasteiger partial charge in [-0.15, -0.1) is 5.10 Å². The van der Waals surface area contributed by atoms with Crippen LogP contribution >= 0.6 is 11.8 Å². The van der Waals surface area contributed by atoms with Crippen LogP contribution in [0.1, 0.15) is 36.5 Å². The molecular formula is C22H28N4S. The van der Waals surface area contributed by atoms with Crippen LogP contribution in [0.15, 0.2) is 64.8 Å². The van der Waals surface area contributed by atoms with E-state index in [2.05, 4.69) is 52.4 Å². The normalized spacial score (nSPS) is 16.9. The molecule has 0 aliphatic carbocycles. The zero-order valence-electron chi connectivity index (χ0n) is 15.9. The number of hydrogen-bond donors (Lipinski definition) is 1. The fraction of sp³-hybridized carbons (Fsp3) is 0.364. The number of amidine groups is 1. The Morgan fingerprint density at radius 3 is 2.63 bits per heavy atom. The third-order valence-electron chi connectivity index (χ3n) is 4.83. The summed E-state index contributed by atoms with van der Waals surface area (Å²) in [6, 6.07) is 18.7. The zero-order chi connectivity index (χ0) is 18.9. The molecule has 2 aromatic carbocycles. The summed E-state index contributed by atoms with van der Waals surface area (Å²) < 4.78 is 0. The Labute approximate surface area is 166 Å². The van der Waals surface area contributed by atoms with Gasteiger partial charge in [-0.25, -0.2) is 0 Å². The van der Waals surface area contributed by atoms with Gasteiger partial charge in [0.05, 0.1) is 6.21 Å². The quantitative estimate of drug-likeness (QED) is 0.456. The Kier molecular flexibility index (Phi) is 7.48. The van der Waals surface area contributed by atoms with Crippen molar-refractivity contribution in [3.8, 4) is 0 Å². The zero-order valence-corrected chi connectivity index (χ0v) is 16.7. The first-order valence-corrected chi connectivity index (χ1v) is 10.5. The highest BCUT2D eigenvalue weighted by atomic mass is 32.2. The van der Waals surface area contributed by atoms with Crippen LogP contribution in [0.5, 0.6) is 0 Å². The molecule has 0 unspecified atom stereocenters. The molecule has 2 aromatic rings. The second-order valence-electron chi connectivity index (χ2n) is 7.16. The number of nitrogens with zero attached hydrogens (tertiary/aromatic N) is 3. The molecule has 1 fully saturated rings. The molecule has 1 saturated heterocycles. The van der Waals surface area contributed by atoms with E-state index in [-0.39, 0.29) is 0 Å². The molecule has 142 valence electrons. The molecule has 1 aliphatic heterocycles. The first kappa shape index (κ1) is 19.6. The van der Waals surface area contributed by atoms with E-state index in [4.69, 9.17) is 5.73 Å². The van der Waals surface area contributed by atoms with Crippen LogP contribution in [0.25, 0.3) is 0 Å². The lowest BCUT2D eigenvalue weighted by atomic mass is 9.99. The monoisotopic (exact) mass is 380 g/mol. The van der Waals surface area contributed by atoms with E-state index in [0.717, 1.165) is 23.8 Å². The molecule has 0 radical (unpaired) electrons. The minimum atomic E-state index is 0.480. The Morgan fingerprint density at radius 2 is 1.85 bits per heavy atom. The van der Waals surface area contributed by atoms with Crippen molar-refractivity contribution in [2.24, 2.45) is 21.9 Å². The number of piperidine rings is 1. The minimum Gasteiger partial charge on any atom is -0.377 e. The van der Waals surface area contributed by atoms with Crippen molar-refractivity contribution in [3.05, 3.63) is 71.3 Å². The number of rotatable bonds is 6. The van der Waals surface area contributed by atoms with Crippen molar-refractivity contribution < 1.29 is 0 Å². The maximum atomic E-state index is 5.94. The first-order valence-electron chi connectivity index (χ1n) is 9.53. The van der Waals surface area contributed by atoms with E-state index in [9.17, 15) is 0 Å². The van der Waals surface area contributed by atoms with Gasteiger partial charge in [0.25, 0.3) is 0 Å². The maximum Gasteiger partial charge on any atom is 0.180 e. The summed E-state index contributed by atoms with van der Waals surface area (Å²) >= 11 is 1.50. The molecule has 0 bridgehead atoms. The number of benzene rings is 2. The van der Waals surface area contributed by atoms with Gasteiger partial charge < -0.3 is 5.73 Å². The third-order valence-corrected chi connectivity index (χ3v) is 5.68. The molecule has 3 rings (SSSR count). The third kappa shape index (κ3) is 6.85.